The van der Waals surface area contributed by atoms with E-state index < -0.39 is 34.3 Å². The monoisotopic (exact) mass is 629 g/mol. The minimum Gasteiger partial charge on any atom is -0.490 e. The summed E-state index contributed by atoms with van der Waals surface area (Å²) in [5.74, 6) is -0.925. The second-order valence-electron chi connectivity index (χ2n) is 8.30. The van der Waals surface area contributed by atoms with Crippen molar-refractivity contribution >= 4 is 62.2 Å². The molecule has 1 saturated heterocycles. The highest BCUT2D eigenvalue weighted by atomic mass is 79.9. The van der Waals surface area contributed by atoms with E-state index in [1.807, 2.05) is 0 Å². The first-order valence-electron chi connectivity index (χ1n) is 11.8. The number of carbonyl (C=O) groups is 3. The molecule has 0 aliphatic carbocycles. The Labute approximate surface area is 240 Å². The molecule has 0 aromatic heterocycles. The lowest BCUT2D eigenvalue weighted by atomic mass is 10.1. The van der Waals surface area contributed by atoms with Gasteiger partial charge in [-0.25, -0.2) is 4.39 Å². The van der Waals surface area contributed by atoms with Crippen LogP contribution in [0.15, 0.2) is 70.0 Å². The molecule has 1 aliphatic rings. The summed E-state index contributed by atoms with van der Waals surface area (Å²) in [5, 5.41) is 12.8. The predicted molar refractivity (Wildman–Crippen MR) is 150 cm³/mol. The van der Waals surface area contributed by atoms with E-state index in [2.05, 4.69) is 21.2 Å². The predicted octanol–water partition coefficient (Wildman–Crippen LogP) is 6.15. The van der Waals surface area contributed by atoms with Crippen LogP contribution in [0.2, 0.25) is 0 Å². The fourth-order valence-electron chi connectivity index (χ4n) is 3.61. The lowest BCUT2D eigenvalue weighted by Crippen LogP contribution is -2.36. The van der Waals surface area contributed by atoms with Gasteiger partial charge in [0.25, 0.3) is 16.8 Å². The summed E-state index contributed by atoms with van der Waals surface area (Å²) >= 11 is 4.16. The Bertz CT molecular complexity index is 1500. The van der Waals surface area contributed by atoms with E-state index >= 15 is 0 Å². The number of nitro groups is 1. The molecule has 3 aromatic rings. The molecule has 0 bridgehead atoms. The van der Waals surface area contributed by atoms with Crippen molar-refractivity contribution in [3.8, 4) is 11.5 Å². The van der Waals surface area contributed by atoms with E-state index in [1.54, 1.807) is 31.2 Å². The maximum Gasteiger partial charge on any atom is 0.294 e. The molecule has 10 nitrogen and oxygen atoms in total. The van der Waals surface area contributed by atoms with Crippen LogP contribution in [0.5, 0.6) is 11.5 Å². The van der Waals surface area contributed by atoms with Gasteiger partial charge in [0.15, 0.2) is 11.5 Å². The molecule has 1 aliphatic heterocycles. The maximum atomic E-state index is 13.1. The van der Waals surface area contributed by atoms with Crippen molar-refractivity contribution in [2.24, 2.45) is 0 Å². The Morgan fingerprint density at radius 2 is 1.82 bits per heavy atom. The smallest absolute Gasteiger partial charge is 0.294 e. The number of thioether (sulfide) groups is 1. The first kappa shape index (κ1) is 28.8. The minimum atomic E-state index is -0.628. The first-order valence-corrected chi connectivity index (χ1v) is 13.4. The summed E-state index contributed by atoms with van der Waals surface area (Å²) < 4.78 is 25.2. The molecule has 0 saturated carbocycles. The molecule has 0 spiro atoms. The van der Waals surface area contributed by atoms with Crippen LogP contribution < -0.4 is 14.8 Å². The number of amides is 3. The Morgan fingerprint density at radius 3 is 2.48 bits per heavy atom. The summed E-state index contributed by atoms with van der Waals surface area (Å²) in [5.41, 5.74) is 1.56. The van der Waals surface area contributed by atoms with Gasteiger partial charge >= 0.3 is 0 Å². The van der Waals surface area contributed by atoms with Gasteiger partial charge in [-0.15, -0.1) is 0 Å². The average molecular weight is 630 g/mol. The summed E-state index contributed by atoms with van der Waals surface area (Å²) in [7, 11) is 0. The number of nitro benzene ring substituents is 1. The fraction of sp³-hybridized carbons (Fsp3) is 0.148. The van der Waals surface area contributed by atoms with Gasteiger partial charge in [0.1, 0.15) is 19.0 Å². The van der Waals surface area contributed by atoms with E-state index in [0.717, 1.165) is 4.90 Å². The fourth-order valence-corrected chi connectivity index (χ4v) is 5.02. The van der Waals surface area contributed by atoms with E-state index in [1.165, 1.54) is 42.5 Å². The number of anilines is 1. The maximum absolute atomic E-state index is 13.1. The van der Waals surface area contributed by atoms with Crippen LogP contribution in [0.3, 0.4) is 0 Å². The van der Waals surface area contributed by atoms with Crippen LogP contribution in [0.25, 0.3) is 6.08 Å². The van der Waals surface area contributed by atoms with Gasteiger partial charge in [-0.05, 0) is 100 Å². The molecule has 0 unspecified atom stereocenters. The molecule has 0 radical (unpaired) electrons. The highest BCUT2D eigenvalue weighted by Gasteiger charge is 2.36. The van der Waals surface area contributed by atoms with Crippen molar-refractivity contribution in [1.29, 1.82) is 0 Å². The molecule has 0 atom stereocenters. The standard InChI is InChI=1S/C27H21BrFN3O7S/c1-2-38-22-12-17(11-21(28)25(22)39-15-16-3-9-20(10-4-16)32(36)37)13-23-26(34)31(27(35)40-23)14-24(33)30-19-7-5-18(29)6-8-19/h3-13H,2,14-15H2,1H3,(H,30,33)/b23-13-. The molecule has 40 heavy (non-hydrogen) atoms. The summed E-state index contributed by atoms with van der Waals surface area (Å²) in [6.07, 6.45) is 1.51. The number of hydrogen-bond acceptors (Lipinski definition) is 8. The third-order valence-electron chi connectivity index (χ3n) is 5.46. The highest BCUT2D eigenvalue weighted by Crippen LogP contribution is 2.39. The largest absolute Gasteiger partial charge is 0.490 e. The number of nitrogens with zero attached hydrogens (tertiary/aromatic N) is 2. The van der Waals surface area contributed by atoms with E-state index in [9.17, 15) is 28.9 Å². The third kappa shape index (κ3) is 7.04. The second kappa shape index (κ2) is 12.7. The molecular weight excluding hydrogens is 609 g/mol. The molecule has 1 heterocycles. The second-order valence-corrected chi connectivity index (χ2v) is 10.1. The molecule has 4 rings (SSSR count). The number of hydrogen-bond donors (Lipinski definition) is 1. The van der Waals surface area contributed by atoms with Gasteiger partial charge < -0.3 is 14.8 Å². The van der Waals surface area contributed by atoms with Crippen molar-refractivity contribution in [1.82, 2.24) is 4.90 Å². The van der Waals surface area contributed by atoms with Gasteiger partial charge in [-0.3, -0.25) is 29.4 Å². The number of rotatable bonds is 10. The van der Waals surface area contributed by atoms with Crippen molar-refractivity contribution in [3.63, 3.8) is 0 Å². The third-order valence-corrected chi connectivity index (χ3v) is 6.96. The van der Waals surface area contributed by atoms with E-state index in [-0.39, 0.29) is 17.2 Å². The molecule has 3 aromatic carbocycles. The van der Waals surface area contributed by atoms with Crippen molar-refractivity contribution in [2.75, 3.05) is 18.5 Å². The Balaban J connectivity index is 1.47. The van der Waals surface area contributed by atoms with Gasteiger partial charge in [-0.2, -0.15) is 0 Å². The zero-order valence-electron chi connectivity index (χ0n) is 20.9. The van der Waals surface area contributed by atoms with Gasteiger partial charge in [-0.1, -0.05) is 0 Å². The van der Waals surface area contributed by atoms with E-state index in [0.29, 0.717) is 51.2 Å². The highest BCUT2D eigenvalue weighted by molar-refractivity contribution is 9.10. The van der Waals surface area contributed by atoms with Crippen molar-refractivity contribution < 1.29 is 33.2 Å². The van der Waals surface area contributed by atoms with Crippen molar-refractivity contribution in [2.45, 2.75) is 13.5 Å². The molecular formula is C27H21BrFN3O7S. The van der Waals surface area contributed by atoms with Crippen LogP contribution >= 0.6 is 27.7 Å². The van der Waals surface area contributed by atoms with Crippen LogP contribution in [0.4, 0.5) is 20.6 Å². The summed E-state index contributed by atoms with van der Waals surface area (Å²) in [4.78, 5) is 49.1. The van der Waals surface area contributed by atoms with Crippen LogP contribution in [-0.4, -0.2) is 40.0 Å². The Kier molecular flexibility index (Phi) is 9.17. The number of halogens is 2. The minimum absolute atomic E-state index is 0.0257. The average Bonchev–Trinajstić information content (AvgIpc) is 3.17. The molecule has 13 heteroatoms. The normalized spacial score (nSPS) is 14.0. The molecule has 1 fully saturated rings. The quantitative estimate of drug-likeness (QED) is 0.161. The van der Waals surface area contributed by atoms with Crippen LogP contribution in [-0.2, 0) is 16.2 Å². The lowest BCUT2D eigenvalue weighted by Gasteiger charge is -2.15. The van der Waals surface area contributed by atoms with E-state index in [4.69, 9.17) is 9.47 Å². The number of imide groups is 1. The van der Waals surface area contributed by atoms with Gasteiger partial charge in [0.05, 0.1) is 20.9 Å². The van der Waals surface area contributed by atoms with Crippen LogP contribution in [0, 0.1) is 15.9 Å². The number of ether oxygens (including phenoxy) is 2. The molecule has 206 valence electrons. The topological polar surface area (TPSA) is 128 Å². The van der Waals surface area contributed by atoms with Gasteiger partial charge in [0, 0.05) is 17.8 Å². The number of carbonyl (C=O) groups excluding carboxylic acids is 3. The Morgan fingerprint density at radius 1 is 1.12 bits per heavy atom. The Hall–Kier alpha value is -4.23. The summed E-state index contributed by atoms with van der Waals surface area (Å²) in [6, 6.07) is 14.4. The summed E-state index contributed by atoms with van der Waals surface area (Å²) in [6.45, 7) is 1.74. The first-order chi connectivity index (χ1) is 19.1. The van der Waals surface area contributed by atoms with Crippen LogP contribution in [0.1, 0.15) is 18.1 Å². The molecule has 1 N–H and O–H groups in total. The number of non-ortho nitro benzene ring substituents is 1. The number of nitrogens with one attached hydrogen (secondary N) is 1. The zero-order chi connectivity index (χ0) is 28.8. The number of benzene rings is 3. The lowest BCUT2D eigenvalue weighted by molar-refractivity contribution is -0.384. The SMILES string of the molecule is CCOc1cc(/C=C2\SC(=O)N(CC(=O)Nc3ccc(F)cc3)C2=O)cc(Br)c1OCc1ccc([N+](=O)[O-])cc1. The molecule has 3 amide bonds. The van der Waals surface area contributed by atoms with Gasteiger partial charge in [0.2, 0.25) is 5.91 Å². The van der Waals surface area contributed by atoms with Crippen molar-refractivity contribution in [3.05, 3.63) is 97.1 Å². The zero-order valence-corrected chi connectivity index (χ0v) is 23.3.